The number of benzene rings is 6. The summed E-state index contributed by atoms with van der Waals surface area (Å²) in [5.41, 5.74) is 12.0. The van der Waals surface area contributed by atoms with Crippen LogP contribution in [0.15, 0.2) is 164 Å². The van der Waals surface area contributed by atoms with Crippen molar-refractivity contribution < 1.29 is 14.3 Å². The van der Waals surface area contributed by atoms with Gasteiger partial charge in [-0.2, -0.15) is 0 Å². The molecule has 256 valence electrons. The quantitative estimate of drug-likeness (QED) is 0.0619. The molecule has 0 fully saturated rings. The molecule has 0 radical (unpaired) electrons. The van der Waals surface area contributed by atoms with Crippen molar-refractivity contribution in [1.82, 2.24) is 0 Å². The molecule has 6 rings (SSSR count). The summed E-state index contributed by atoms with van der Waals surface area (Å²) in [6.07, 6.45) is 3.96. The normalized spacial score (nSPS) is 11.4. The van der Waals surface area contributed by atoms with Crippen LogP contribution in [0.25, 0.3) is 0 Å². The zero-order valence-corrected chi connectivity index (χ0v) is 29.5. The fourth-order valence-electron chi connectivity index (χ4n) is 6.29. The molecule has 0 aliphatic heterocycles. The number of anilines is 2. The summed E-state index contributed by atoms with van der Waals surface area (Å²) in [6, 6.07) is 54.0. The van der Waals surface area contributed by atoms with Crippen LogP contribution in [-0.2, 0) is 29.0 Å². The van der Waals surface area contributed by atoms with E-state index in [1.807, 2.05) is 30.3 Å². The molecular formula is C47H45NO3. The van der Waals surface area contributed by atoms with Gasteiger partial charge in [-0.3, -0.25) is 0 Å². The highest BCUT2D eigenvalue weighted by molar-refractivity contribution is 5.81. The lowest BCUT2D eigenvalue weighted by Crippen LogP contribution is -2.09. The van der Waals surface area contributed by atoms with Crippen LogP contribution in [-0.4, -0.2) is 19.6 Å². The minimum atomic E-state index is -0.417. The van der Waals surface area contributed by atoms with E-state index >= 15 is 0 Å². The van der Waals surface area contributed by atoms with Crippen molar-refractivity contribution in [2.75, 3.05) is 18.6 Å². The average molecular weight is 672 g/mol. The van der Waals surface area contributed by atoms with Crippen molar-refractivity contribution in [2.24, 2.45) is 0 Å². The molecular weight excluding hydrogens is 627 g/mol. The second-order valence-corrected chi connectivity index (χ2v) is 12.9. The van der Waals surface area contributed by atoms with E-state index in [4.69, 9.17) is 9.47 Å². The van der Waals surface area contributed by atoms with E-state index in [1.54, 1.807) is 0 Å². The molecule has 0 heterocycles. The number of nitrogens with zero attached hydrogens (tertiary/aromatic N) is 1. The zero-order valence-electron chi connectivity index (χ0n) is 29.5. The van der Waals surface area contributed by atoms with E-state index < -0.39 is 5.97 Å². The van der Waals surface area contributed by atoms with Gasteiger partial charge in [-0.1, -0.05) is 129 Å². The Hall–Kier alpha value is -5.87. The Morgan fingerprint density at radius 1 is 0.608 bits per heavy atom. The molecule has 4 nitrogen and oxygen atoms in total. The number of hydrogen-bond donors (Lipinski definition) is 0. The molecule has 0 amide bonds. The van der Waals surface area contributed by atoms with Crippen LogP contribution in [0.2, 0.25) is 0 Å². The topological polar surface area (TPSA) is 38.8 Å². The first-order valence-electron chi connectivity index (χ1n) is 17.6. The monoisotopic (exact) mass is 671 g/mol. The van der Waals surface area contributed by atoms with Gasteiger partial charge in [0.2, 0.25) is 0 Å². The van der Waals surface area contributed by atoms with Crippen molar-refractivity contribution in [3.63, 3.8) is 0 Å². The Morgan fingerprint density at radius 2 is 1.04 bits per heavy atom. The second kappa shape index (κ2) is 17.2. The molecule has 6 aromatic carbocycles. The molecule has 4 heteroatoms. The maximum absolute atomic E-state index is 11.5. The number of carbonyl (C=O) groups excluding carboxylic acids is 1. The zero-order chi connectivity index (χ0) is 35.4. The Morgan fingerprint density at radius 3 is 1.53 bits per heavy atom. The Bertz CT molecular complexity index is 1980. The predicted octanol–water partition coefficient (Wildman–Crippen LogP) is 10.8. The summed E-state index contributed by atoms with van der Waals surface area (Å²) >= 11 is 0. The maximum Gasteiger partial charge on any atom is 0.330 e. The van der Waals surface area contributed by atoms with Crippen molar-refractivity contribution in [3.05, 3.63) is 209 Å². The second-order valence-electron chi connectivity index (χ2n) is 12.9. The van der Waals surface area contributed by atoms with Gasteiger partial charge in [-0.15, -0.1) is 0 Å². The molecule has 0 aliphatic carbocycles. The van der Waals surface area contributed by atoms with Crippen LogP contribution in [0, 0.1) is 0 Å². The smallest absolute Gasteiger partial charge is 0.330 e. The van der Waals surface area contributed by atoms with Crippen LogP contribution in [0.4, 0.5) is 11.4 Å². The lowest BCUT2D eigenvalue weighted by molar-refractivity contribution is -0.138. The van der Waals surface area contributed by atoms with E-state index in [-0.39, 0.29) is 12.5 Å². The summed E-state index contributed by atoms with van der Waals surface area (Å²) in [4.78, 5) is 13.7. The third kappa shape index (κ3) is 9.43. The van der Waals surface area contributed by atoms with Crippen molar-refractivity contribution in [1.29, 1.82) is 0 Å². The number of carbonyl (C=O) groups is 1. The maximum atomic E-state index is 11.5. The highest BCUT2D eigenvalue weighted by atomic mass is 16.5. The van der Waals surface area contributed by atoms with Gasteiger partial charge in [0.25, 0.3) is 0 Å². The molecule has 0 bridgehead atoms. The van der Waals surface area contributed by atoms with Crippen LogP contribution >= 0.6 is 0 Å². The van der Waals surface area contributed by atoms with Crippen molar-refractivity contribution in [3.8, 4) is 5.75 Å². The lowest BCUT2D eigenvalue weighted by Gasteiger charge is -2.20. The summed E-state index contributed by atoms with van der Waals surface area (Å²) in [6.45, 7) is 6.55. The first-order chi connectivity index (χ1) is 25.0. The van der Waals surface area contributed by atoms with E-state index in [9.17, 15) is 4.79 Å². The highest BCUT2D eigenvalue weighted by Gasteiger charge is 2.17. The Balaban J connectivity index is 1.07. The van der Waals surface area contributed by atoms with Gasteiger partial charge < -0.3 is 14.4 Å². The van der Waals surface area contributed by atoms with E-state index in [1.165, 1.54) is 45.0 Å². The minimum Gasteiger partial charge on any atom is -0.494 e. The van der Waals surface area contributed by atoms with Crippen LogP contribution < -0.4 is 9.64 Å². The molecule has 0 spiro atoms. The Labute approximate surface area is 302 Å². The van der Waals surface area contributed by atoms with Gasteiger partial charge in [0.1, 0.15) is 12.4 Å². The van der Waals surface area contributed by atoms with Gasteiger partial charge in [0.15, 0.2) is 0 Å². The Kier molecular flexibility index (Phi) is 11.8. The summed E-state index contributed by atoms with van der Waals surface area (Å²) in [7, 11) is 2.10. The summed E-state index contributed by atoms with van der Waals surface area (Å²) in [5.74, 6) is 0.586. The minimum absolute atomic E-state index is 0.0933. The standard InChI is InChI=1S/C47H45NO3/c1-4-31-50-45-29-27-44(28-30-45)48(3)43-25-19-38(20-26-43)33-36-13-11-35(12-14-36)32-37-15-21-41(22-16-37)47(40-9-7-6-8-10-40)42-23-17-39(18-24-42)34-51-46(49)5-2/h5-30,47H,2,4,31-34H2,1,3H3. The van der Waals surface area contributed by atoms with Gasteiger partial charge >= 0.3 is 5.97 Å². The van der Waals surface area contributed by atoms with Gasteiger partial charge in [-0.05, 0) is 100 Å². The SMILES string of the molecule is C=CC(=O)OCc1ccc(C(c2ccccc2)c2ccc(Cc3ccc(Cc4ccc(N(C)c5ccc(OCCC)cc5)cc4)cc3)cc2)cc1. The molecule has 1 unspecified atom stereocenters. The summed E-state index contributed by atoms with van der Waals surface area (Å²) < 4.78 is 10.9. The van der Waals surface area contributed by atoms with Crippen molar-refractivity contribution >= 4 is 17.3 Å². The molecule has 1 atom stereocenters. The first kappa shape index (κ1) is 35.0. The van der Waals surface area contributed by atoms with Gasteiger partial charge in [0, 0.05) is 30.4 Å². The van der Waals surface area contributed by atoms with Crippen LogP contribution in [0.5, 0.6) is 5.75 Å². The molecule has 0 saturated heterocycles. The number of ether oxygens (including phenoxy) is 2. The van der Waals surface area contributed by atoms with Crippen LogP contribution in [0.1, 0.15) is 63.8 Å². The van der Waals surface area contributed by atoms with Crippen LogP contribution in [0.3, 0.4) is 0 Å². The first-order valence-corrected chi connectivity index (χ1v) is 17.6. The van der Waals surface area contributed by atoms with Crippen molar-refractivity contribution in [2.45, 2.75) is 38.7 Å². The lowest BCUT2D eigenvalue weighted by atomic mass is 9.84. The van der Waals surface area contributed by atoms with Gasteiger partial charge in [0.05, 0.1) is 6.61 Å². The number of esters is 1. The largest absolute Gasteiger partial charge is 0.494 e. The molecule has 0 aliphatic rings. The molecule has 0 saturated carbocycles. The molecule has 0 N–H and O–H groups in total. The summed E-state index contributed by atoms with van der Waals surface area (Å²) in [5, 5.41) is 0. The van der Waals surface area contributed by atoms with E-state index in [0.29, 0.717) is 0 Å². The highest BCUT2D eigenvalue weighted by Crippen LogP contribution is 2.33. The third-order valence-corrected chi connectivity index (χ3v) is 9.17. The predicted molar refractivity (Wildman–Crippen MR) is 209 cm³/mol. The average Bonchev–Trinajstić information content (AvgIpc) is 3.19. The van der Waals surface area contributed by atoms with Gasteiger partial charge in [-0.25, -0.2) is 4.79 Å². The molecule has 0 aromatic heterocycles. The number of rotatable bonds is 15. The number of hydrogen-bond acceptors (Lipinski definition) is 4. The van der Waals surface area contributed by atoms with E-state index in [2.05, 4.69) is 147 Å². The fourth-order valence-corrected chi connectivity index (χ4v) is 6.29. The third-order valence-electron chi connectivity index (χ3n) is 9.17. The molecule has 6 aromatic rings. The fraction of sp³-hybridized carbons (Fsp3) is 0.170. The van der Waals surface area contributed by atoms with E-state index in [0.717, 1.165) is 48.6 Å². The molecule has 51 heavy (non-hydrogen) atoms.